The predicted octanol–water partition coefficient (Wildman–Crippen LogP) is 0.536. The van der Waals surface area contributed by atoms with E-state index in [2.05, 4.69) is 0 Å². The van der Waals surface area contributed by atoms with Crippen LogP contribution in [0.5, 0.6) is 0 Å². The summed E-state index contributed by atoms with van der Waals surface area (Å²) in [5, 5.41) is 9.94. The van der Waals surface area contributed by atoms with Crippen LogP contribution in [0.15, 0.2) is 24.3 Å². The fraction of sp³-hybridized carbons (Fsp3) is 0.455. The van der Waals surface area contributed by atoms with Gasteiger partial charge in [0.15, 0.2) is 0 Å². The molecule has 2 atom stereocenters. The summed E-state index contributed by atoms with van der Waals surface area (Å²) in [6, 6.07) is 7.10. The second-order valence-corrected chi connectivity index (χ2v) is 6.24. The minimum absolute atomic E-state index is 0.453. The first-order valence-corrected chi connectivity index (χ1v) is 6.95. The van der Waals surface area contributed by atoms with Gasteiger partial charge in [-0.15, -0.1) is 0 Å². The summed E-state index contributed by atoms with van der Waals surface area (Å²) in [4.78, 5) is 0. The first kappa shape index (κ1) is 11.6. The normalized spacial score (nSPS) is 24.8. The Bertz CT molecular complexity index is 498. The number of aliphatic hydroxyl groups is 1. The lowest BCUT2D eigenvalue weighted by Crippen LogP contribution is -2.35. The molecular formula is C11H15NO3S. The third-order valence-corrected chi connectivity index (χ3v) is 4.36. The molecular weight excluding hydrogens is 226 g/mol. The molecule has 0 amide bonds. The van der Waals surface area contributed by atoms with Crippen molar-refractivity contribution in [2.24, 2.45) is 0 Å². The number of sulfonamides is 1. The van der Waals surface area contributed by atoms with E-state index in [4.69, 9.17) is 0 Å². The quantitative estimate of drug-likeness (QED) is 0.822. The Morgan fingerprint density at radius 2 is 2.00 bits per heavy atom. The monoisotopic (exact) mass is 241 g/mol. The van der Waals surface area contributed by atoms with Crippen molar-refractivity contribution in [2.45, 2.75) is 18.6 Å². The highest BCUT2D eigenvalue weighted by atomic mass is 32.2. The molecule has 5 heteroatoms. The highest BCUT2D eigenvalue weighted by molar-refractivity contribution is 7.88. The molecule has 0 bridgehead atoms. The number of benzene rings is 1. The first-order valence-electron chi connectivity index (χ1n) is 5.10. The molecule has 0 heterocycles. The van der Waals surface area contributed by atoms with Crippen molar-refractivity contribution in [3.8, 4) is 0 Å². The van der Waals surface area contributed by atoms with Gasteiger partial charge in [-0.05, 0) is 11.1 Å². The Morgan fingerprint density at radius 3 is 2.62 bits per heavy atom. The van der Waals surface area contributed by atoms with Gasteiger partial charge in [-0.1, -0.05) is 24.3 Å². The molecule has 1 aromatic carbocycles. The summed E-state index contributed by atoms with van der Waals surface area (Å²) in [5.41, 5.74) is 1.93. The van der Waals surface area contributed by atoms with Crippen LogP contribution in [-0.2, 0) is 16.4 Å². The zero-order valence-corrected chi connectivity index (χ0v) is 10.1. The molecule has 0 fully saturated rings. The third kappa shape index (κ3) is 1.86. The van der Waals surface area contributed by atoms with Crippen LogP contribution in [0.4, 0.5) is 0 Å². The highest BCUT2D eigenvalue weighted by Crippen LogP contribution is 2.36. The van der Waals surface area contributed by atoms with Gasteiger partial charge in [-0.2, -0.15) is 4.31 Å². The van der Waals surface area contributed by atoms with Gasteiger partial charge in [-0.3, -0.25) is 0 Å². The van der Waals surface area contributed by atoms with E-state index < -0.39 is 22.2 Å². The molecule has 1 aromatic rings. The van der Waals surface area contributed by atoms with Crippen LogP contribution in [0.1, 0.15) is 17.2 Å². The Balaban J connectivity index is 2.43. The molecule has 0 spiro atoms. The molecule has 1 N–H and O–H groups in total. The summed E-state index contributed by atoms with van der Waals surface area (Å²) < 4.78 is 24.2. The lowest BCUT2D eigenvalue weighted by molar-refractivity contribution is 0.113. The molecule has 16 heavy (non-hydrogen) atoms. The summed E-state index contributed by atoms with van der Waals surface area (Å²) in [5.74, 6) is 0. The van der Waals surface area contributed by atoms with Crippen molar-refractivity contribution in [3.05, 3.63) is 35.4 Å². The molecule has 1 aliphatic rings. The second kappa shape index (κ2) is 3.84. The first-order chi connectivity index (χ1) is 7.41. The number of fused-ring (bicyclic) bond motifs is 1. The lowest BCUT2D eigenvalue weighted by Gasteiger charge is -2.25. The zero-order valence-electron chi connectivity index (χ0n) is 9.29. The maximum Gasteiger partial charge on any atom is 0.211 e. The Labute approximate surface area is 95.6 Å². The SMILES string of the molecule is CN(C1c2ccccc2CC1O)S(C)(=O)=O. The molecule has 2 unspecified atom stereocenters. The standard InChI is InChI=1S/C11H15NO3S/c1-12(16(2,14)15)11-9-6-4-3-5-8(9)7-10(11)13/h3-6,10-11,13H,7H2,1-2H3. The molecule has 0 saturated heterocycles. The van der Waals surface area contributed by atoms with Crippen LogP contribution in [-0.4, -0.2) is 37.2 Å². The van der Waals surface area contributed by atoms with Gasteiger partial charge >= 0.3 is 0 Å². The minimum Gasteiger partial charge on any atom is -0.391 e. The Kier molecular flexibility index (Phi) is 2.77. The van der Waals surface area contributed by atoms with Crippen LogP contribution in [0.3, 0.4) is 0 Å². The number of aliphatic hydroxyl groups excluding tert-OH is 1. The van der Waals surface area contributed by atoms with Crippen molar-refractivity contribution in [1.82, 2.24) is 4.31 Å². The van der Waals surface area contributed by atoms with Gasteiger partial charge in [0, 0.05) is 13.5 Å². The van der Waals surface area contributed by atoms with Crippen molar-refractivity contribution in [3.63, 3.8) is 0 Å². The third-order valence-electron chi connectivity index (χ3n) is 3.08. The molecule has 0 radical (unpaired) electrons. The van der Waals surface area contributed by atoms with Crippen molar-refractivity contribution < 1.29 is 13.5 Å². The molecule has 88 valence electrons. The fourth-order valence-corrected chi connectivity index (χ4v) is 2.86. The van der Waals surface area contributed by atoms with E-state index in [1.165, 1.54) is 11.4 Å². The Morgan fingerprint density at radius 1 is 1.38 bits per heavy atom. The summed E-state index contributed by atoms with van der Waals surface area (Å²) >= 11 is 0. The number of nitrogens with zero attached hydrogens (tertiary/aromatic N) is 1. The van der Waals surface area contributed by atoms with Gasteiger partial charge in [0.1, 0.15) is 0 Å². The number of likely N-dealkylation sites (N-methyl/N-ethyl adjacent to an activating group) is 1. The summed E-state index contributed by atoms with van der Waals surface area (Å²) in [6.45, 7) is 0. The zero-order chi connectivity index (χ0) is 11.9. The smallest absolute Gasteiger partial charge is 0.211 e. The van der Waals surface area contributed by atoms with E-state index in [-0.39, 0.29) is 0 Å². The molecule has 0 saturated carbocycles. The number of rotatable bonds is 2. The van der Waals surface area contributed by atoms with Crippen LogP contribution < -0.4 is 0 Å². The van der Waals surface area contributed by atoms with E-state index in [1.54, 1.807) is 0 Å². The van der Waals surface area contributed by atoms with Crippen LogP contribution in [0.2, 0.25) is 0 Å². The van der Waals surface area contributed by atoms with Crippen molar-refractivity contribution in [1.29, 1.82) is 0 Å². The fourth-order valence-electron chi connectivity index (χ4n) is 2.20. The van der Waals surface area contributed by atoms with E-state index in [0.717, 1.165) is 17.4 Å². The average Bonchev–Trinajstić information content (AvgIpc) is 2.51. The highest BCUT2D eigenvalue weighted by Gasteiger charge is 2.36. The van der Waals surface area contributed by atoms with Gasteiger partial charge in [0.25, 0.3) is 0 Å². The van der Waals surface area contributed by atoms with Crippen LogP contribution >= 0.6 is 0 Å². The minimum atomic E-state index is -3.29. The molecule has 0 aromatic heterocycles. The largest absolute Gasteiger partial charge is 0.391 e. The van der Waals surface area contributed by atoms with Crippen molar-refractivity contribution in [2.75, 3.05) is 13.3 Å². The number of hydrogen-bond acceptors (Lipinski definition) is 3. The molecule has 2 rings (SSSR count). The van der Waals surface area contributed by atoms with E-state index in [1.807, 2.05) is 24.3 Å². The summed E-state index contributed by atoms with van der Waals surface area (Å²) in [7, 11) is -1.78. The van der Waals surface area contributed by atoms with Gasteiger partial charge in [0.05, 0.1) is 18.4 Å². The lowest BCUT2D eigenvalue weighted by atomic mass is 10.1. The maximum atomic E-state index is 11.5. The van der Waals surface area contributed by atoms with Crippen molar-refractivity contribution >= 4 is 10.0 Å². The van der Waals surface area contributed by atoms with Gasteiger partial charge < -0.3 is 5.11 Å². The topological polar surface area (TPSA) is 57.6 Å². The molecule has 4 nitrogen and oxygen atoms in total. The predicted molar refractivity (Wildman–Crippen MR) is 61.5 cm³/mol. The average molecular weight is 241 g/mol. The molecule has 0 aliphatic heterocycles. The maximum absolute atomic E-state index is 11.5. The van der Waals surface area contributed by atoms with Gasteiger partial charge in [0.2, 0.25) is 10.0 Å². The molecule has 1 aliphatic carbocycles. The number of hydrogen-bond donors (Lipinski definition) is 1. The van der Waals surface area contributed by atoms with Crippen LogP contribution in [0, 0.1) is 0 Å². The van der Waals surface area contributed by atoms with E-state index in [9.17, 15) is 13.5 Å². The van der Waals surface area contributed by atoms with Gasteiger partial charge in [-0.25, -0.2) is 8.42 Å². The summed E-state index contributed by atoms with van der Waals surface area (Å²) in [6.07, 6.45) is 1.01. The van der Waals surface area contributed by atoms with E-state index in [0.29, 0.717) is 6.42 Å². The van der Waals surface area contributed by atoms with Crippen LogP contribution in [0.25, 0.3) is 0 Å². The Hall–Kier alpha value is -0.910. The second-order valence-electron chi connectivity index (χ2n) is 4.19. The van der Waals surface area contributed by atoms with E-state index >= 15 is 0 Å².